The number of rotatable bonds is 2. The van der Waals surface area contributed by atoms with Gasteiger partial charge in [0, 0.05) is 0 Å². The van der Waals surface area contributed by atoms with Crippen LogP contribution in [-0.2, 0) is 0 Å². The summed E-state index contributed by atoms with van der Waals surface area (Å²) in [5.41, 5.74) is 2.20. The number of fused-ring (bicyclic) bond motifs is 1. The van der Waals surface area contributed by atoms with E-state index in [2.05, 4.69) is 18.2 Å². The molecular formula is C15H13BO2. The Morgan fingerprint density at radius 3 is 2.06 bits per heavy atom. The lowest BCUT2D eigenvalue weighted by atomic mass is 9.78. The van der Waals surface area contributed by atoms with Gasteiger partial charge >= 0.3 is 7.12 Å². The molecule has 0 saturated heterocycles. The van der Waals surface area contributed by atoms with Gasteiger partial charge in [0.25, 0.3) is 0 Å². The number of benzene rings is 2. The molecule has 2 nitrogen and oxygen atoms in total. The van der Waals surface area contributed by atoms with Crippen molar-refractivity contribution >= 4 is 13.2 Å². The van der Waals surface area contributed by atoms with E-state index in [1.54, 1.807) is 0 Å². The summed E-state index contributed by atoms with van der Waals surface area (Å²) < 4.78 is 11.5. The molecule has 0 atom stereocenters. The fraction of sp³-hybridized carbons (Fsp3) is 0.0667. The summed E-state index contributed by atoms with van der Waals surface area (Å²) in [4.78, 5) is 0. The number of hydrogen-bond donors (Lipinski definition) is 0. The van der Waals surface area contributed by atoms with Crippen molar-refractivity contribution in [3.8, 4) is 11.5 Å². The minimum atomic E-state index is -0.317. The van der Waals surface area contributed by atoms with Crippen LogP contribution in [-0.4, -0.2) is 7.12 Å². The lowest BCUT2D eigenvalue weighted by Crippen LogP contribution is -2.26. The second kappa shape index (κ2) is 4.61. The zero-order chi connectivity index (χ0) is 12.4. The Hall–Kier alpha value is -2.16. The highest BCUT2D eigenvalue weighted by atomic mass is 16.6. The van der Waals surface area contributed by atoms with Gasteiger partial charge in [-0.2, -0.15) is 0 Å². The van der Waals surface area contributed by atoms with Gasteiger partial charge in [-0.25, -0.2) is 0 Å². The van der Waals surface area contributed by atoms with Crippen molar-refractivity contribution in [2.45, 2.75) is 6.92 Å². The third-order valence-corrected chi connectivity index (χ3v) is 2.88. The number of allylic oxidation sites excluding steroid dienone is 1. The zero-order valence-electron chi connectivity index (χ0n) is 10.2. The predicted molar refractivity (Wildman–Crippen MR) is 73.5 cm³/mol. The second-order valence-electron chi connectivity index (χ2n) is 4.31. The molecule has 0 amide bonds. The molecule has 0 N–H and O–H groups in total. The summed E-state index contributed by atoms with van der Waals surface area (Å²) in [6.07, 6.45) is 2.08. The van der Waals surface area contributed by atoms with Crippen molar-refractivity contribution < 1.29 is 9.31 Å². The molecule has 3 heteroatoms. The molecule has 1 aliphatic heterocycles. The molecule has 0 unspecified atom stereocenters. The van der Waals surface area contributed by atoms with E-state index in [9.17, 15) is 0 Å². The van der Waals surface area contributed by atoms with E-state index in [0.717, 1.165) is 22.5 Å². The fourth-order valence-corrected chi connectivity index (χ4v) is 1.97. The van der Waals surface area contributed by atoms with E-state index in [-0.39, 0.29) is 7.12 Å². The van der Waals surface area contributed by atoms with E-state index in [4.69, 9.17) is 9.31 Å². The first kappa shape index (κ1) is 11.0. The average molecular weight is 236 g/mol. The first-order valence-corrected chi connectivity index (χ1v) is 5.98. The van der Waals surface area contributed by atoms with Crippen LogP contribution in [0.3, 0.4) is 0 Å². The first-order valence-electron chi connectivity index (χ1n) is 5.98. The highest BCUT2D eigenvalue weighted by Crippen LogP contribution is 2.34. The summed E-state index contributed by atoms with van der Waals surface area (Å²) >= 11 is 0. The highest BCUT2D eigenvalue weighted by molar-refractivity contribution is 6.57. The van der Waals surface area contributed by atoms with Crippen LogP contribution in [0.5, 0.6) is 11.5 Å². The summed E-state index contributed by atoms with van der Waals surface area (Å²) in [7, 11) is -0.317. The third kappa shape index (κ3) is 2.12. The summed E-state index contributed by atoms with van der Waals surface area (Å²) in [5.74, 6) is 1.62. The summed E-state index contributed by atoms with van der Waals surface area (Å²) in [5, 5.41) is 0. The van der Waals surface area contributed by atoms with Gasteiger partial charge in [-0.3, -0.25) is 0 Å². The van der Waals surface area contributed by atoms with Gasteiger partial charge < -0.3 is 9.31 Å². The Labute approximate surface area is 107 Å². The van der Waals surface area contributed by atoms with Crippen LogP contribution >= 0.6 is 0 Å². The van der Waals surface area contributed by atoms with Crippen LogP contribution in [0.25, 0.3) is 6.08 Å². The SMILES string of the molecule is C/C(=C\c1ccccc1)B1Oc2ccccc2O1. The Morgan fingerprint density at radius 1 is 0.889 bits per heavy atom. The second-order valence-corrected chi connectivity index (χ2v) is 4.31. The van der Waals surface area contributed by atoms with Crippen molar-refractivity contribution in [1.82, 2.24) is 0 Å². The maximum atomic E-state index is 5.75. The molecule has 3 rings (SSSR count). The Bertz CT molecular complexity index is 553. The summed E-state index contributed by atoms with van der Waals surface area (Å²) in [6.45, 7) is 2.02. The van der Waals surface area contributed by atoms with Crippen molar-refractivity contribution in [3.63, 3.8) is 0 Å². The van der Waals surface area contributed by atoms with Crippen LogP contribution in [0.1, 0.15) is 12.5 Å². The molecule has 1 heterocycles. The minimum Gasteiger partial charge on any atom is -0.519 e. The molecule has 2 aromatic rings. The van der Waals surface area contributed by atoms with Crippen molar-refractivity contribution in [2.75, 3.05) is 0 Å². The van der Waals surface area contributed by atoms with E-state index in [1.807, 2.05) is 49.4 Å². The van der Waals surface area contributed by atoms with E-state index in [0.29, 0.717) is 0 Å². The normalized spacial score (nSPS) is 13.8. The lowest BCUT2D eigenvalue weighted by molar-refractivity contribution is 0.512. The zero-order valence-corrected chi connectivity index (χ0v) is 10.2. The highest BCUT2D eigenvalue weighted by Gasteiger charge is 2.33. The Morgan fingerprint density at radius 2 is 1.44 bits per heavy atom. The van der Waals surface area contributed by atoms with Gasteiger partial charge in [0.2, 0.25) is 0 Å². The van der Waals surface area contributed by atoms with Gasteiger partial charge in [-0.1, -0.05) is 48.5 Å². The standard InChI is InChI=1S/C15H13BO2/c1-12(11-13-7-3-2-4-8-13)16-17-14-9-5-6-10-15(14)18-16/h2-11H,1H3/b12-11+. The predicted octanol–water partition coefficient (Wildman–Crippen LogP) is 3.59. The monoisotopic (exact) mass is 236 g/mol. The molecule has 0 saturated carbocycles. The largest absolute Gasteiger partial charge is 0.628 e. The van der Waals surface area contributed by atoms with E-state index >= 15 is 0 Å². The van der Waals surface area contributed by atoms with Crippen LogP contribution < -0.4 is 9.31 Å². The van der Waals surface area contributed by atoms with Crippen LogP contribution in [0, 0.1) is 0 Å². The van der Waals surface area contributed by atoms with Crippen LogP contribution in [0.15, 0.2) is 60.1 Å². The maximum absolute atomic E-state index is 5.75. The molecule has 0 spiro atoms. The topological polar surface area (TPSA) is 18.5 Å². The molecule has 0 aliphatic carbocycles. The molecule has 18 heavy (non-hydrogen) atoms. The molecule has 0 radical (unpaired) electrons. The van der Waals surface area contributed by atoms with Crippen LogP contribution in [0.2, 0.25) is 0 Å². The molecule has 0 aromatic heterocycles. The van der Waals surface area contributed by atoms with E-state index in [1.165, 1.54) is 0 Å². The quantitative estimate of drug-likeness (QED) is 0.742. The molecule has 88 valence electrons. The maximum Gasteiger partial charge on any atom is 0.628 e. The fourth-order valence-electron chi connectivity index (χ4n) is 1.97. The van der Waals surface area contributed by atoms with Gasteiger partial charge in [0.15, 0.2) is 0 Å². The van der Waals surface area contributed by atoms with Gasteiger partial charge in [-0.05, 0) is 30.1 Å². The van der Waals surface area contributed by atoms with Crippen LogP contribution in [0.4, 0.5) is 0 Å². The summed E-state index contributed by atoms with van der Waals surface area (Å²) in [6, 6.07) is 17.9. The van der Waals surface area contributed by atoms with Crippen molar-refractivity contribution in [3.05, 3.63) is 65.6 Å². The Kier molecular flexibility index (Phi) is 2.81. The molecule has 1 aliphatic rings. The molecule has 2 aromatic carbocycles. The van der Waals surface area contributed by atoms with Gasteiger partial charge in [0.05, 0.1) is 0 Å². The Balaban J connectivity index is 1.80. The van der Waals surface area contributed by atoms with Gasteiger partial charge in [0.1, 0.15) is 11.5 Å². The minimum absolute atomic E-state index is 0.317. The number of hydrogen-bond acceptors (Lipinski definition) is 2. The first-order chi connectivity index (χ1) is 8.83. The smallest absolute Gasteiger partial charge is 0.519 e. The molecular weight excluding hydrogens is 223 g/mol. The lowest BCUT2D eigenvalue weighted by Gasteiger charge is -2.04. The molecule has 0 fully saturated rings. The van der Waals surface area contributed by atoms with Crippen molar-refractivity contribution in [2.24, 2.45) is 0 Å². The third-order valence-electron chi connectivity index (χ3n) is 2.88. The average Bonchev–Trinajstić information content (AvgIpc) is 2.84. The van der Waals surface area contributed by atoms with Gasteiger partial charge in [-0.15, -0.1) is 0 Å². The number of para-hydroxylation sites is 2. The molecule has 0 bridgehead atoms. The van der Waals surface area contributed by atoms with E-state index < -0.39 is 0 Å². The van der Waals surface area contributed by atoms with Crippen molar-refractivity contribution in [1.29, 1.82) is 0 Å².